The smallest absolute Gasteiger partial charge is 0.416 e. The molecule has 2 N–H and O–H groups in total. The van der Waals surface area contributed by atoms with Gasteiger partial charge in [0.1, 0.15) is 11.5 Å². The van der Waals surface area contributed by atoms with Gasteiger partial charge >= 0.3 is 6.18 Å². The van der Waals surface area contributed by atoms with Gasteiger partial charge in [-0.15, -0.1) is 0 Å². The summed E-state index contributed by atoms with van der Waals surface area (Å²) in [7, 11) is 0. The predicted octanol–water partition coefficient (Wildman–Crippen LogP) is 5.13. The van der Waals surface area contributed by atoms with Gasteiger partial charge in [-0.05, 0) is 63.1 Å². The number of carbonyl (C=O) groups excluding carboxylic acids is 1. The third-order valence-corrected chi connectivity index (χ3v) is 4.61. The summed E-state index contributed by atoms with van der Waals surface area (Å²) >= 11 is 0. The standard InChI is InChI=1S/C23H24F3N3O3/c1-22(2,3)29-20(21(31)27-12-11-15-7-9-17(30)10-8-15)19(14-28-29)32-18-6-4-5-16(13-18)23(24,25)26/h4-10,13-14,30H,11-12H2,1-3H3,(H,27,31). The minimum Gasteiger partial charge on any atom is -0.508 e. The minimum atomic E-state index is -4.51. The molecule has 0 aliphatic carbocycles. The third-order valence-electron chi connectivity index (χ3n) is 4.61. The van der Waals surface area contributed by atoms with Gasteiger partial charge in [-0.3, -0.25) is 9.48 Å². The normalized spacial score (nSPS) is 11.9. The van der Waals surface area contributed by atoms with Crippen molar-refractivity contribution < 1.29 is 27.8 Å². The quantitative estimate of drug-likeness (QED) is 0.550. The Morgan fingerprint density at radius 2 is 1.81 bits per heavy atom. The SMILES string of the molecule is CC(C)(C)n1ncc(Oc2cccc(C(F)(F)F)c2)c1C(=O)NCCc1ccc(O)cc1. The summed E-state index contributed by atoms with van der Waals surface area (Å²) in [5, 5.41) is 16.4. The zero-order chi connectivity index (χ0) is 23.5. The summed E-state index contributed by atoms with van der Waals surface area (Å²) < 4.78 is 46.2. The highest BCUT2D eigenvalue weighted by atomic mass is 19.4. The molecule has 3 rings (SSSR count). The number of halogens is 3. The second-order valence-corrected chi connectivity index (χ2v) is 8.24. The number of nitrogens with zero attached hydrogens (tertiary/aromatic N) is 2. The molecule has 9 heteroatoms. The van der Waals surface area contributed by atoms with Crippen LogP contribution in [0.15, 0.2) is 54.7 Å². The van der Waals surface area contributed by atoms with E-state index in [1.54, 1.807) is 24.3 Å². The van der Waals surface area contributed by atoms with E-state index in [1.165, 1.54) is 23.0 Å². The van der Waals surface area contributed by atoms with Gasteiger partial charge in [0.25, 0.3) is 5.91 Å². The minimum absolute atomic E-state index is 0.0496. The largest absolute Gasteiger partial charge is 0.508 e. The molecule has 32 heavy (non-hydrogen) atoms. The van der Waals surface area contributed by atoms with Crippen LogP contribution in [0.3, 0.4) is 0 Å². The van der Waals surface area contributed by atoms with Crippen molar-refractivity contribution in [1.29, 1.82) is 0 Å². The fourth-order valence-electron chi connectivity index (χ4n) is 3.05. The van der Waals surface area contributed by atoms with E-state index in [2.05, 4.69) is 10.4 Å². The van der Waals surface area contributed by atoms with E-state index >= 15 is 0 Å². The number of phenols is 1. The molecule has 0 aliphatic heterocycles. The Hall–Kier alpha value is -3.49. The highest BCUT2D eigenvalue weighted by molar-refractivity contribution is 5.95. The van der Waals surface area contributed by atoms with E-state index in [4.69, 9.17) is 4.74 Å². The van der Waals surface area contributed by atoms with Crippen LogP contribution in [0.2, 0.25) is 0 Å². The predicted molar refractivity (Wildman–Crippen MR) is 113 cm³/mol. The zero-order valence-electron chi connectivity index (χ0n) is 17.9. The summed E-state index contributed by atoms with van der Waals surface area (Å²) in [6.07, 6.45) is -2.66. The molecule has 0 bridgehead atoms. The van der Waals surface area contributed by atoms with Crippen molar-refractivity contribution in [3.63, 3.8) is 0 Å². The molecular weight excluding hydrogens is 423 g/mol. The number of nitrogens with one attached hydrogen (secondary N) is 1. The van der Waals surface area contributed by atoms with Crippen molar-refractivity contribution in [2.45, 2.75) is 38.9 Å². The van der Waals surface area contributed by atoms with Crippen LogP contribution in [0, 0.1) is 0 Å². The summed E-state index contributed by atoms with van der Waals surface area (Å²) in [6, 6.07) is 11.1. The van der Waals surface area contributed by atoms with E-state index in [9.17, 15) is 23.1 Å². The Balaban J connectivity index is 1.81. The first-order chi connectivity index (χ1) is 14.9. The van der Waals surface area contributed by atoms with Crippen LogP contribution in [0.4, 0.5) is 13.2 Å². The van der Waals surface area contributed by atoms with Crippen LogP contribution in [0.1, 0.15) is 42.4 Å². The topological polar surface area (TPSA) is 76.4 Å². The van der Waals surface area contributed by atoms with Crippen molar-refractivity contribution in [3.8, 4) is 17.2 Å². The molecule has 0 saturated heterocycles. The van der Waals surface area contributed by atoms with Crippen LogP contribution in [-0.2, 0) is 18.1 Å². The number of carbonyl (C=O) groups is 1. The lowest BCUT2D eigenvalue weighted by atomic mass is 10.1. The molecule has 170 valence electrons. The number of benzene rings is 2. The average molecular weight is 447 g/mol. The second-order valence-electron chi connectivity index (χ2n) is 8.24. The molecule has 0 fully saturated rings. The lowest BCUT2D eigenvalue weighted by Gasteiger charge is -2.22. The van der Waals surface area contributed by atoms with E-state index in [-0.39, 0.29) is 22.9 Å². The molecule has 2 aromatic carbocycles. The maximum absolute atomic E-state index is 13.0. The molecule has 0 atom stereocenters. The van der Waals surface area contributed by atoms with Crippen LogP contribution >= 0.6 is 0 Å². The molecule has 1 aromatic heterocycles. The van der Waals surface area contributed by atoms with Crippen LogP contribution in [0.25, 0.3) is 0 Å². The number of ether oxygens (including phenoxy) is 1. The van der Waals surface area contributed by atoms with Crippen LogP contribution in [-0.4, -0.2) is 27.3 Å². The molecular formula is C23H24F3N3O3. The Kier molecular flexibility index (Phi) is 6.47. The fourth-order valence-corrected chi connectivity index (χ4v) is 3.05. The van der Waals surface area contributed by atoms with Crippen molar-refractivity contribution >= 4 is 5.91 Å². The van der Waals surface area contributed by atoms with Crippen molar-refractivity contribution in [3.05, 3.63) is 71.5 Å². The highest BCUT2D eigenvalue weighted by Crippen LogP contribution is 2.34. The first-order valence-corrected chi connectivity index (χ1v) is 9.95. The zero-order valence-corrected chi connectivity index (χ0v) is 17.9. The van der Waals surface area contributed by atoms with Gasteiger partial charge in [-0.25, -0.2) is 0 Å². The Morgan fingerprint density at radius 3 is 2.44 bits per heavy atom. The molecule has 0 aliphatic rings. The maximum Gasteiger partial charge on any atom is 0.416 e. The van der Waals surface area contributed by atoms with Gasteiger partial charge in [0.05, 0.1) is 17.3 Å². The van der Waals surface area contributed by atoms with Gasteiger partial charge in [-0.1, -0.05) is 18.2 Å². The first kappa shape index (κ1) is 23.2. The highest BCUT2D eigenvalue weighted by Gasteiger charge is 2.31. The Morgan fingerprint density at radius 1 is 1.12 bits per heavy atom. The lowest BCUT2D eigenvalue weighted by molar-refractivity contribution is -0.137. The summed E-state index contributed by atoms with van der Waals surface area (Å²) in [5.74, 6) is -0.297. The van der Waals surface area contributed by atoms with Crippen LogP contribution in [0.5, 0.6) is 17.2 Å². The summed E-state index contributed by atoms with van der Waals surface area (Å²) in [6.45, 7) is 5.85. The van der Waals surface area contributed by atoms with E-state index < -0.39 is 23.2 Å². The van der Waals surface area contributed by atoms with Crippen molar-refractivity contribution in [2.75, 3.05) is 6.54 Å². The number of aromatic hydroxyl groups is 1. The van der Waals surface area contributed by atoms with E-state index in [1.807, 2.05) is 20.8 Å². The van der Waals surface area contributed by atoms with E-state index in [0.717, 1.165) is 17.7 Å². The number of alkyl halides is 3. The van der Waals surface area contributed by atoms with Gasteiger partial charge in [0.2, 0.25) is 0 Å². The lowest BCUT2D eigenvalue weighted by Crippen LogP contribution is -2.33. The number of phenolic OH excluding ortho intramolecular Hbond substituents is 1. The van der Waals surface area contributed by atoms with Gasteiger partial charge in [0.15, 0.2) is 11.4 Å². The second kappa shape index (κ2) is 8.94. The summed E-state index contributed by atoms with van der Waals surface area (Å²) in [4.78, 5) is 13.0. The molecule has 0 unspecified atom stereocenters. The third kappa shape index (κ3) is 5.60. The first-order valence-electron chi connectivity index (χ1n) is 9.95. The number of hydrogen-bond donors (Lipinski definition) is 2. The molecule has 3 aromatic rings. The Bertz CT molecular complexity index is 1080. The Labute approximate surface area is 183 Å². The number of aromatic nitrogens is 2. The fraction of sp³-hybridized carbons (Fsp3) is 0.304. The monoisotopic (exact) mass is 447 g/mol. The van der Waals surface area contributed by atoms with Crippen molar-refractivity contribution in [2.24, 2.45) is 0 Å². The average Bonchev–Trinajstić information content (AvgIpc) is 3.13. The molecule has 0 radical (unpaired) electrons. The van der Waals surface area contributed by atoms with Gasteiger partial charge in [-0.2, -0.15) is 18.3 Å². The van der Waals surface area contributed by atoms with Crippen molar-refractivity contribution in [1.82, 2.24) is 15.1 Å². The number of hydrogen-bond acceptors (Lipinski definition) is 4. The molecule has 0 saturated carbocycles. The van der Waals surface area contributed by atoms with Crippen LogP contribution < -0.4 is 10.1 Å². The van der Waals surface area contributed by atoms with Gasteiger partial charge < -0.3 is 15.2 Å². The number of amides is 1. The molecule has 1 amide bonds. The summed E-state index contributed by atoms with van der Waals surface area (Å²) in [5.41, 5.74) is -0.384. The van der Waals surface area contributed by atoms with Gasteiger partial charge in [0, 0.05) is 6.54 Å². The molecule has 6 nitrogen and oxygen atoms in total. The van der Waals surface area contributed by atoms with E-state index in [0.29, 0.717) is 13.0 Å². The maximum atomic E-state index is 13.0. The molecule has 1 heterocycles. The number of rotatable bonds is 6. The molecule has 0 spiro atoms.